The molecule has 0 aliphatic carbocycles. The Bertz CT molecular complexity index is 1290. The van der Waals surface area contributed by atoms with Gasteiger partial charge in [-0.15, -0.1) is 0 Å². The fourth-order valence-corrected chi connectivity index (χ4v) is 3.76. The molecule has 170 valence electrons. The second-order valence-corrected chi connectivity index (χ2v) is 8.10. The molecule has 3 aromatic heterocycles. The molecule has 0 fully saturated rings. The zero-order chi connectivity index (χ0) is 23.5. The minimum absolute atomic E-state index is 0.0151. The van der Waals surface area contributed by atoms with E-state index in [1.165, 1.54) is 0 Å². The summed E-state index contributed by atoms with van der Waals surface area (Å²) in [6.07, 6.45) is 3.25. The lowest BCUT2D eigenvalue weighted by Crippen LogP contribution is -2.28. The van der Waals surface area contributed by atoms with Gasteiger partial charge in [0.2, 0.25) is 5.91 Å². The minimum atomic E-state index is -0.281. The van der Waals surface area contributed by atoms with E-state index in [-0.39, 0.29) is 17.9 Å². The molecule has 0 atom stereocenters. The highest BCUT2D eigenvalue weighted by atomic mass is 16.3. The standard InChI is InChI=1S/C25H27N5O3/c1-5-29(17(4)31)15-18-9-6-7-10-21(18)28-25(32)19-13-22(23-11-8-12-33-23)27-24-20(19)14-26-30(24)16(2)3/h6-14,16H,5,15H2,1-4H3,(H,28,32). The van der Waals surface area contributed by atoms with Crippen molar-refractivity contribution in [1.82, 2.24) is 19.7 Å². The summed E-state index contributed by atoms with van der Waals surface area (Å²) in [6.45, 7) is 8.50. The van der Waals surface area contributed by atoms with Crippen molar-refractivity contribution >= 4 is 28.5 Å². The summed E-state index contributed by atoms with van der Waals surface area (Å²) in [5, 5.41) is 8.14. The van der Waals surface area contributed by atoms with Crippen LogP contribution < -0.4 is 5.32 Å². The molecule has 0 aliphatic heterocycles. The fraction of sp³-hybridized carbons (Fsp3) is 0.280. The van der Waals surface area contributed by atoms with Crippen LogP contribution in [0.15, 0.2) is 59.3 Å². The smallest absolute Gasteiger partial charge is 0.256 e. The molecule has 4 rings (SSSR count). The number of amides is 2. The molecule has 0 saturated heterocycles. The highest BCUT2D eigenvalue weighted by molar-refractivity contribution is 6.12. The molecule has 0 radical (unpaired) electrons. The van der Waals surface area contributed by atoms with Crippen molar-refractivity contribution in [3.63, 3.8) is 0 Å². The molecule has 0 saturated carbocycles. The van der Waals surface area contributed by atoms with Gasteiger partial charge in [-0.05, 0) is 50.6 Å². The van der Waals surface area contributed by atoms with Crippen LogP contribution in [0.3, 0.4) is 0 Å². The van der Waals surface area contributed by atoms with E-state index in [0.29, 0.717) is 46.8 Å². The van der Waals surface area contributed by atoms with Gasteiger partial charge in [-0.2, -0.15) is 5.10 Å². The summed E-state index contributed by atoms with van der Waals surface area (Å²) < 4.78 is 7.32. The minimum Gasteiger partial charge on any atom is -0.463 e. The van der Waals surface area contributed by atoms with E-state index in [4.69, 9.17) is 9.40 Å². The Hall–Kier alpha value is -3.94. The maximum absolute atomic E-state index is 13.5. The van der Waals surface area contributed by atoms with E-state index < -0.39 is 0 Å². The lowest BCUT2D eigenvalue weighted by atomic mass is 10.1. The quantitative estimate of drug-likeness (QED) is 0.437. The van der Waals surface area contributed by atoms with Crippen molar-refractivity contribution in [2.75, 3.05) is 11.9 Å². The Balaban J connectivity index is 1.74. The van der Waals surface area contributed by atoms with Crippen molar-refractivity contribution in [3.8, 4) is 11.5 Å². The van der Waals surface area contributed by atoms with Crippen LogP contribution in [-0.2, 0) is 11.3 Å². The molecular weight excluding hydrogens is 418 g/mol. The second kappa shape index (κ2) is 9.28. The maximum Gasteiger partial charge on any atom is 0.256 e. The molecule has 4 aromatic rings. The van der Waals surface area contributed by atoms with Gasteiger partial charge < -0.3 is 14.6 Å². The summed E-state index contributed by atoms with van der Waals surface area (Å²) in [7, 11) is 0. The molecule has 2 amide bonds. The predicted molar refractivity (Wildman–Crippen MR) is 127 cm³/mol. The van der Waals surface area contributed by atoms with Gasteiger partial charge in [0.1, 0.15) is 5.69 Å². The predicted octanol–water partition coefficient (Wildman–Crippen LogP) is 4.89. The number of hydrogen-bond donors (Lipinski definition) is 1. The van der Waals surface area contributed by atoms with Crippen LogP contribution in [0.5, 0.6) is 0 Å². The summed E-state index contributed by atoms with van der Waals surface area (Å²) >= 11 is 0. The molecule has 0 bridgehead atoms. The summed E-state index contributed by atoms with van der Waals surface area (Å²) in [5.74, 6) is 0.276. The number of para-hydroxylation sites is 1. The molecular formula is C25H27N5O3. The van der Waals surface area contributed by atoms with E-state index in [9.17, 15) is 9.59 Å². The highest BCUT2D eigenvalue weighted by Gasteiger charge is 2.20. The Kier molecular flexibility index (Phi) is 6.26. The van der Waals surface area contributed by atoms with Crippen LogP contribution in [-0.4, -0.2) is 38.0 Å². The number of nitrogens with one attached hydrogen (secondary N) is 1. The van der Waals surface area contributed by atoms with Crippen LogP contribution in [0.4, 0.5) is 5.69 Å². The molecule has 0 spiro atoms. The highest BCUT2D eigenvalue weighted by Crippen LogP contribution is 2.28. The van der Waals surface area contributed by atoms with Crippen molar-refractivity contribution < 1.29 is 14.0 Å². The second-order valence-electron chi connectivity index (χ2n) is 8.10. The van der Waals surface area contributed by atoms with Crippen LogP contribution in [0.1, 0.15) is 49.7 Å². The SMILES string of the molecule is CCN(Cc1ccccc1NC(=O)c1cc(-c2ccco2)nc2c1cnn2C(C)C)C(C)=O. The Morgan fingerprint density at radius 3 is 2.64 bits per heavy atom. The first-order valence-corrected chi connectivity index (χ1v) is 11.0. The number of furan rings is 1. The van der Waals surface area contributed by atoms with Gasteiger partial charge in [0.15, 0.2) is 11.4 Å². The third-order valence-corrected chi connectivity index (χ3v) is 5.53. The van der Waals surface area contributed by atoms with Crippen molar-refractivity contribution in [2.45, 2.75) is 40.3 Å². The number of benzene rings is 1. The molecule has 1 aromatic carbocycles. The van der Waals surface area contributed by atoms with Gasteiger partial charge in [0.05, 0.1) is 23.4 Å². The molecule has 1 N–H and O–H groups in total. The lowest BCUT2D eigenvalue weighted by Gasteiger charge is -2.21. The fourth-order valence-electron chi connectivity index (χ4n) is 3.76. The van der Waals surface area contributed by atoms with Crippen LogP contribution in [0.2, 0.25) is 0 Å². The Labute approximate surface area is 192 Å². The maximum atomic E-state index is 13.5. The van der Waals surface area contributed by atoms with Gasteiger partial charge in [-0.25, -0.2) is 9.67 Å². The number of fused-ring (bicyclic) bond motifs is 1. The van der Waals surface area contributed by atoms with Crippen molar-refractivity contribution in [1.29, 1.82) is 0 Å². The number of carbonyl (C=O) groups is 2. The monoisotopic (exact) mass is 445 g/mol. The number of hydrogen-bond acceptors (Lipinski definition) is 5. The van der Waals surface area contributed by atoms with Gasteiger partial charge in [-0.1, -0.05) is 18.2 Å². The Morgan fingerprint density at radius 2 is 1.97 bits per heavy atom. The normalized spacial score (nSPS) is 11.2. The average Bonchev–Trinajstić information content (AvgIpc) is 3.47. The van der Waals surface area contributed by atoms with E-state index in [1.54, 1.807) is 41.1 Å². The lowest BCUT2D eigenvalue weighted by molar-refractivity contribution is -0.129. The Morgan fingerprint density at radius 1 is 1.18 bits per heavy atom. The molecule has 8 heteroatoms. The number of aromatic nitrogens is 3. The van der Waals surface area contributed by atoms with Crippen LogP contribution in [0.25, 0.3) is 22.5 Å². The average molecular weight is 446 g/mol. The largest absolute Gasteiger partial charge is 0.463 e. The first-order chi connectivity index (χ1) is 15.9. The number of nitrogens with zero attached hydrogens (tertiary/aromatic N) is 4. The van der Waals surface area contributed by atoms with Gasteiger partial charge in [0, 0.05) is 31.7 Å². The first kappa shape index (κ1) is 22.3. The van der Waals surface area contributed by atoms with Crippen molar-refractivity contribution in [2.24, 2.45) is 0 Å². The first-order valence-electron chi connectivity index (χ1n) is 11.0. The molecule has 8 nitrogen and oxygen atoms in total. The number of rotatable bonds is 7. The topological polar surface area (TPSA) is 93.3 Å². The van der Waals surface area contributed by atoms with E-state index in [1.807, 2.05) is 51.1 Å². The summed E-state index contributed by atoms with van der Waals surface area (Å²) in [5.41, 5.74) is 3.14. The molecule has 3 heterocycles. The van der Waals surface area contributed by atoms with E-state index in [0.717, 1.165) is 5.56 Å². The number of carbonyl (C=O) groups excluding carboxylic acids is 2. The van der Waals surface area contributed by atoms with Crippen molar-refractivity contribution in [3.05, 3.63) is 66.1 Å². The zero-order valence-corrected chi connectivity index (χ0v) is 19.2. The van der Waals surface area contributed by atoms with Gasteiger partial charge in [-0.3, -0.25) is 9.59 Å². The summed E-state index contributed by atoms with van der Waals surface area (Å²) in [6, 6.07) is 12.9. The number of pyridine rings is 1. The number of anilines is 1. The third-order valence-electron chi connectivity index (χ3n) is 5.53. The zero-order valence-electron chi connectivity index (χ0n) is 19.2. The molecule has 0 unspecified atom stereocenters. The molecule has 0 aliphatic rings. The third kappa shape index (κ3) is 4.50. The summed E-state index contributed by atoms with van der Waals surface area (Å²) in [4.78, 5) is 31.8. The van der Waals surface area contributed by atoms with Gasteiger partial charge >= 0.3 is 0 Å². The molecule has 33 heavy (non-hydrogen) atoms. The van der Waals surface area contributed by atoms with E-state index in [2.05, 4.69) is 10.4 Å². The van der Waals surface area contributed by atoms with Crippen LogP contribution >= 0.6 is 0 Å². The van der Waals surface area contributed by atoms with Crippen LogP contribution in [0, 0.1) is 0 Å². The van der Waals surface area contributed by atoms with Gasteiger partial charge in [0.25, 0.3) is 5.91 Å². The van der Waals surface area contributed by atoms with E-state index >= 15 is 0 Å².